The van der Waals surface area contributed by atoms with Crippen molar-refractivity contribution < 1.29 is 23.6 Å². The molecule has 2 amide bonds. The zero-order valence-corrected chi connectivity index (χ0v) is 18.8. The third kappa shape index (κ3) is 4.82. The monoisotopic (exact) mass is 450 g/mol. The second-order valence-corrected chi connectivity index (χ2v) is 7.82. The summed E-state index contributed by atoms with van der Waals surface area (Å²) in [5.74, 6) is 1.91. The first-order valence-corrected chi connectivity index (χ1v) is 10.7. The van der Waals surface area contributed by atoms with Crippen molar-refractivity contribution in [1.29, 1.82) is 0 Å². The molecular formula is C24H26N4O5. The van der Waals surface area contributed by atoms with Crippen LogP contribution in [0.2, 0.25) is 0 Å². The minimum Gasteiger partial charge on any atom is -0.493 e. The van der Waals surface area contributed by atoms with Crippen LogP contribution in [0.5, 0.6) is 11.5 Å². The fraction of sp³-hybridized carbons (Fsp3) is 0.333. The number of nitrogens with zero attached hydrogens (tertiary/aromatic N) is 3. The Kier molecular flexibility index (Phi) is 6.58. The van der Waals surface area contributed by atoms with E-state index in [1.54, 1.807) is 37.4 Å². The Morgan fingerprint density at radius 2 is 1.79 bits per heavy atom. The summed E-state index contributed by atoms with van der Waals surface area (Å²) in [7, 11) is 3.08. The van der Waals surface area contributed by atoms with Crippen molar-refractivity contribution in [2.24, 2.45) is 0 Å². The van der Waals surface area contributed by atoms with Gasteiger partial charge in [-0.15, -0.1) is 0 Å². The average molecular weight is 450 g/mol. The predicted molar refractivity (Wildman–Crippen MR) is 121 cm³/mol. The molecule has 2 aromatic carbocycles. The summed E-state index contributed by atoms with van der Waals surface area (Å²) in [6, 6.07) is 12.6. The molecule has 0 unspecified atom stereocenters. The number of carbonyl (C=O) groups excluding carboxylic acids is 2. The van der Waals surface area contributed by atoms with E-state index < -0.39 is 0 Å². The van der Waals surface area contributed by atoms with E-state index >= 15 is 0 Å². The van der Waals surface area contributed by atoms with Gasteiger partial charge in [0.1, 0.15) is 0 Å². The van der Waals surface area contributed by atoms with E-state index in [-0.39, 0.29) is 17.7 Å². The van der Waals surface area contributed by atoms with Gasteiger partial charge in [0.2, 0.25) is 17.6 Å². The zero-order valence-electron chi connectivity index (χ0n) is 18.8. The number of piperidine rings is 1. The number of amides is 2. The molecule has 1 aromatic heterocycles. The van der Waals surface area contributed by atoms with Crippen molar-refractivity contribution in [2.45, 2.75) is 25.7 Å². The first-order chi connectivity index (χ1) is 16.0. The molecule has 9 nitrogen and oxygen atoms in total. The van der Waals surface area contributed by atoms with Crippen molar-refractivity contribution in [1.82, 2.24) is 15.0 Å². The number of benzene rings is 2. The summed E-state index contributed by atoms with van der Waals surface area (Å²) in [6.07, 6.45) is 1.45. The highest BCUT2D eigenvalue weighted by molar-refractivity contribution is 5.98. The fourth-order valence-electron chi connectivity index (χ4n) is 3.98. The number of carbonyl (C=O) groups is 2. The summed E-state index contributed by atoms with van der Waals surface area (Å²) in [6.45, 7) is 2.62. The molecule has 172 valence electrons. The number of para-hydroxylation sites is 1. The molecule has 1 saturated heterocycles. The maximum atomic E-state index is 13.1. The molecule has 1 aliphatic heterocycles. The number of hydrogen-bond donors (Lipinski definition) is 1. The minimum absolute atomic E-state index is 0.0844. The highest BCUT2D eigenvalue weighted by Crippen LogP contribution is 2.34. The number of aromatic nitrogens is 2. The van der Waals surface area contributed by atoms with Crippen LogP contribution in [0, 0.1) is 0 Å². The second-order valence-electron chi connectivity index (χ2n) is 7.82. The average Bonchev–Trinajstić information content (AvgIpc) is 3.33. The largest absolute Gasteiger partial charge is 0.493 e. The molecule has 3 aromatic rings. The van der Waals surface area contributed by atoms with Crippen LogP contribution < -0.4 is 14.8 Å². The Bertz CT molecular complexity index is 1130. The Hall–Kier alpha value is -3.88. The molecule has 0 atom stereocenters. The lowest BCUT2D eigenvalue weighted by Gasteiger charge is -2.30. The Morgan fingerprint density at radius 1 is 1.06 bits per heavy atom. The van der Waals surface area contributed by atoms with Crippen LogP contribution in [0.1, 0.15) is 41.9 Å². The molecule has 0 radical (unpaired) electrons. The van der Waals surface area contributed by atoms with Gasteiger partial charge in [-0.1, -0.05) is 11.2 Å². The van der Waals surface area contributed by atoms with E-state index in [0.29, 0.717) is 47.6 Å². The van der Waals surface area contributed by atoms with Gasteiger partial charge in [-0.3, -0.25) is 9.59 Å². The Labute approximate surface area is 191 Å². The van der Waals surface area contributed by atoms with Crippen LogP contribution in [0.25, 0.3) is 11.4 Å². The maximum absolute atomic E-state index is 13.1. The molecule has 0 saturated carbocycles. The van der Waals surface area contributed by atoms with Crippen molar-refractivity contribution in [2.75, 3.05) is 32.6 Å². The van der Waals surface area contributed by atoms with Crippen molar-refractivity contribution in [3.63, 3.8) is 0 Å². The predicted octanol–water partition coefficient (Wildman–Crippen LogP) is 3.73. The SMILES string of the molecule is COc1cccc(C(=O)N2CCC(c3nc(-c4ccc(NC(C)=O)cc4)no3)CC2)c1OC. The first kappa shape index (κ1) is 22.3. The second kappa shape index (κ2) is 9.72. The normalized spacial score (nSPS) is 14.1. The van der Waals surface area contributed by atoms with Gasteiger partial charge in [0, 0.05) is 37.2 Å². The number of hydrogen-bond acceptors (Lipinski definition) is 7. The summed E-state index contributed by atoms with van der Waals surface area (Å²) in [5, 5.41) is 6.84. The molecule has 1 aliphatic rings. The summed E-state index contributed by atoms with van der Waals surface area (Å²) in [5.41, 5.74) is 1.99. The zero-order chi connectivity index (χ0) is 23.4. The first-order valence-electron chi connectivity index (χ1n) is 10.7. The summed E-state index contributed by atoms with van der Waals surface area (Å²) >= 11 is 0. The van der Waals surface area contributed by atoms with Gasteiger partial charge >= 0.3 is 0 Å². The lowest BCUT2D eigenvalue weighted by molar-refractivity contribution is -0.114. The summed E-state index contributed by atoms with van der Waals surface area (Å²) < 4.78 is 16.3. The molecular weight excluding hydrogens is 424 g/mol. The van der Waals surface area contributed by atoms with E-state index in [0.717, 1.165) is 18.4 Å². The molecule has 0 aliphatic carbocycles. The molecule has 4 rings (SSSR count). The number of nitrogens with one attached hydrogen (secondary N) is 1. The van der Waals surface area contributed by atoms with E-state index in [1.807, 2.05) is 17.0 Å². The molecule has 33 heavy (non-hydrogen) atoms. The van der Waals surface area contributed by atoms with Gasteiger partial charge in [0.25, 0.3) is 5.91 Å². The van der Waals surface area contributed by atoms with Gasteiger partial charge in [0.05, 0.1) is 19.8 Å². The maximum Gasteiger partial charge on any atom is 0.257 e. The summed E-state index contributed by atoms with van der Waals surface area (Å²) in [4.78, 5) is 30.6. The lowest BCUT2D eigenvalue weighted by Crippen LogP contribution is -2.38. The molecule has 0 bridgehead atoms. The van der Waals surface area contributed by atoms with Crippen LogP contribution in [0.4, 0.5) is 5.69 Å². The molecule has 1 fully saturated rings. The standard InChI is InChI=1S/C24H26N4O5/c1-15(29)25-18-9-7-16(8-10-18)22-26-23(33-27-22)17-11-13-28(14-12-17)24(30)19-5-4-6-20(31-2)21(19)32-3/h4-10,17H,11-14H2,1-3H3,(H,25,29). The number of methoxy groups -OCH3 is 2. The Balaban J connectivity index is 1.40. The third-order valence-corrected chi connectivity index (χ3v) is 5.67. The molecule has 9 heteroatoms. The topological polar surface area (TPSA) is 107 Å². The number of likely N-dealkylation sites (tertiary alicyclic amines) is 1. The Morgan fingerprint density at radius 3 is 2.42 bits per heavy atom. The quantitative estimate of drug-likeness (QED) is 0.610. The van der Waals surface area contributed by atoms with Crippen LogP contribution in [0.15, 0.2) is 47.0 Å². The van der Waals surface area contributed by atoms with Crippen LogP contribution in [0.3, 0.4) is 0 Å². The number of anilines is 1. The molecule has 0 spiro atoms. The van der Waals surface area contributed by atoms with Gasteiger partial charge in [-0.2, -0.15) is 4.98 Å². The lowest BCUT2D eigenvalue weighted by atomic mass is 9.96. The van der Waals surface area contributed by atoms with Crippen molar-refractivity contribution >= 4 is 17.5 Å². The van der Waals surface area contributed by atoms with E-state index in [9.17, 15) is 9.59 Å². The van der Waals surface area contributed by atoms with Crippen LogP contribution in [-0.4, -0.2) is 54.2 Å². The fourth-order valence-corrected chi connectivity index (χ4v) is 3.98. The van der Waals surface area contributed by atoms with E-state index in [2.05, 4.69) is 15.5 Å². The van der Waals surface area contributed by atoms with Gasteiger partial charge in [-0.05, 0) is 49.2 Å². The van der Waals surface area contributed by atoms with Crippen LogP contribution >= 0.6 is 0 Å². The number of ether oxygens (including phenoxy) is 2. The van der Waals surface area contributed by atoms with Crippen molar-refractivity contribution in [3.05, 3.63) is 53.9 Å². The third-order valence-electron chi connectivity index (χ3n) is 5.67. The van der Waals surface area contributed by atoms with Crippen molar-refractivity contribution in [3.8, 4) is 22.9 Å². The van der Waals surface area contributed by atoms with E-state index in [4.69, 9.17) is 14.0 Å². The minimum atomic E-state index is -0.126. The van der Waals surface area contributed by atoms with Crippen LogP contribution in [-0.2, 0) is 4.79 Å². The van der Waals surface area contributed by atoms with Gasteiger partial charge in [-0.25, -0.2) is 0 Å². The molecule has 1 N–H and O–H groups in total. The van der Waals surface area contributed by atoms with E-state index in [1.165, 1.54) is 14.0 Å². The van der Waals surface area contributed by atoms with Gasteiger partial charge < -0.3 is 24.2 Å². The molecule has 2 heterocycles. The smallest absolute Gasteiger partial charge is 0.257 e. The highest BCUT2D eigenvalue weighted by Gasteiger charge is 2.30. The highest BCUT2D eigenvalue weighted by atomic mass is 16.5. The van der Waals surface area contributed by atoms with Gasteiger partial charge in [0.15, 0.2) is 11.5 Å². The number of rotatable bonds is 6.